The molecule has 1 aromatic carbocycles. The number of nitrogens with zero attached hydrogens (tertiary/aromatic N) is 3. The number of piperazine rings is 1. The van der Waals surface area contributed by atoms with Gasteiger partial charge in [-0.25, -0.2) is 4.98 Å². The Kier molecular flexibility index (Phi) is 3.99. The van der Waals surface area contributed by atoms with Crippen LogP contribution in [0.5, 0.6) is 0 Å². The standard InChI is InChI=1S/C17H18ClN3OS/c18-13-3-1-2-12(10-13)14-11-15(14)16(22)20-5-7-21(8-6-20)17-19-4-9-23-17/h1-4,9-10,14-15H,5-8,11H2/t14-,15+/m0/s1. The van der Waals surface area contributed by atoms with E-state index in [1.165, 1.54) is 5.56 Å². The number of hydrogen-bond acceptors (Lipinski definition) is 4. The summed E-state index contributed by atoms with van der Waals surface area (Å²) in [6, 6.07) is 7.90. The lowest BCUT2D eigenvalue weighted by Gasteiger charge is -2.34. The Balaban J connectivity index is 1.35. The fourth-order valence-corrected chi connectivity index (χ4v) is 4.19. The molecule has 0 bridgehead atoms. The van der Waals surface area contributed by atoms with Gasteiger partial charge in [-0.3, -0.25) is 4.79 Å². The van der Waals surface area contributed by atoms with Gasteiger partial charge < -0.3 is 9.80 Å². The third-order valence-corrected chi connectivity index (χ3v) is 5.73. The van der Waals surface area contributed by atoms with Gasteiger partial charge in [-0.1, -0.05) is 23.7 Å². The topological polar surface area (TPSA) is 36.4 Å². The number of amides is 1. The largest absolute Gasteiger partial charge is 0.345 e. The number of halogens is 1. The van der Waals surface area contributed by atoms with E-state index >= 15 is 0 Å². The lowest BCUT2D eigenvalue weighted by molar-refractivity contribution is -0.132. The normalized spacial score (nSPS) is 23.9. The Morgan fingerprint density at radius 2 is 2.09 bits per heavy atom. The summed E-state index contributed by atoms with van der Waals surface area (Å²) in [7, 11) is 0. The smallest absolute Gasteiger partial charge is 0.226 e. The summed E-state index contributed by atoms with van der Waals surface area (Å²) in [6.07, 6.45) is 2.78. The molecule has 1 saturated carbocycles. The van der Waals surface area contributed by atoms with Crippen LogP contribution in [0.25, 0.3) is 0 Å². The van der Waals surface area contributed by atoms with Crippen LogP contribution in [0.2, 0.25) is 5.02 Å². The SMILES string of the molecule is O=C([C@@H]1C[C@H]1c1cccc(Cl)c1)N1CCN(c2nccs2)CC1. The first-order valence-electron chi connectivity index (χ1n) is 7.91. The first-order chi connectivity index (χ1) is 11.2. The van der Waals surface area contributed by atoms with Gasteiger partial charge in [0.25, 0.3) is 0 Å². The van der Waals surface area contributed by atoms with Crippen LogP contribution < -0.4 is 4.90 Å². The summed E-state index contributed by atoms with van der Waals surface area (Å²) in [5.41, 5.74) is 1.19. The van der Waals surface area contributed by atoms with Crippen molar-refractivity contribution in [3.05, 3.63) is 46.4 Å². The number of benzene rings is 1. The van der Waals surface area contributed by atoms with Crippen molar-refractivity contribution in [1.82, 2.24) is 9.88 Å². The van der Waals surface area contributed by atoms with Crippen molar-refractivity contribution in [1.29, 1.82) is 0 Å². The van der Waals surface area contributed by atoms with Gasteiger partial charge in [0.15, 0.2) is 5.13 Å². The van der Waals surface area contributed by atoms with Crippen molar-refractivity contribution < 1.29 is 4.79 Å². The molecule has 0 radical (unpaired) electrons. The van der Waals surface area contributed by atoms with Crippen LogP contribution in [-0.2, 0) is 4.79 Å². The van der Waals surface area contributed by atoms with Crippen LogP contribution in [-0.4, -0.2) is 42.0 Å². The van der Waals surface area contributed by atoms with Crippen molar-refractivity contribution in [2.24, 2.45) is 5.92 Å². The van der Waals surface area contributed by atoms with E-state index in [9.17, 15) is 4.79 Å². The molecule has 1 amide bonds. The number of thiazole rings is 1. The first-order valence-corrected chi connectivity index (χ1v) is 9.17. The van der Waals surface area contributed by atoms with Crippen LogP contribution in [0.15, 0.2) is 35.8 Å². The van der Waals surface area contributed by atoms with E-state index in [-0.39, 0.29) is 5.92 Å². The van der Waals surface area contributed by atoms with Gasteiger partial charge in [0.2, 0.25) is 5.91 Å². The molecule has 4 rings (SSSR count). The average Bonchev–Trinajstić information content (AvgIpc) is 3.19. The van der Waals surface area contributed by atoms with E-state index in [1.807, 2.05) is 34.7 Å². The minimum Gasteiger partial charge on any atom is -0.345 e. The molecule has 23 heavy (non-hydrogen) atoms. The maximum Gasteiger partial charge on any atom is 0.226 e. The molecule has 0 spiro atoms. The maximum atomic E-state index is 12.7. The Bertz CT molecular complexity index is 698. The van der Waals surface area contributed by atoms with E-state index in [1.54, 1.807) is 11.3 Å². The highest BCUT2D eigenvalue weighted by molar-refractivity contribution is 7.13. The quantitative estimate of drug-likeness (QED) is 0.855. The van der Waals surface area contributed by atoms with E-state index < -0.39 is 0 Å². The highest BCUT2D eigenvalue weighted by Gasteiger charge is 2.46. The molecule has 1 saturated heterocycles. The van der Waals surface area contributed by atoms with Crippen LogP contribution >= 0.6 is 22.9 Å². The molecule has 4 nitrogen and oxygen atoms in total. The van der Waals surface area contributed by atoms with Crippen LogP contribution in [0.3, 0.4) is 0 Å². The van der Waals surface area contributed by atoms with Crippen molar-refractivity contribution in [3.8, 4) is 0 Å². The molecule has 2 atom stereocenters. The van der Waals surface area contributed by atoms with Gasteiger partial charge in [-0.15, -0.1) is 11.3 Å². The predicted molar refractivity (Wildman–Crippen MR) is 93.2 cm³/mol. The number of hydrogen-bond donors (Lipinski definition) is 0. The monoisotopic (exact) mass is 347 g/mol. The minimum absolute atomic E-state index is 0.139. The van der Waals surface area contributed by atoms with Crippen LogP contribution in [0.1, 0.15) is 17.9 Å². The minimum atomic E-state index is 0.139. The fraction of sp³-hybridized carbons (Fsp3) is 0.412. The molecule has 2 aromatic rings. The molecule has 2 heterocycles. The zero-order valence-electron chi connectivity index (χ0n) is 12.7. The summed E-state index contributed by atoms with van der Waals surface area (Å²) in [4.78, 5) is 21.3. The Morgan fingerprint density at radius 1 is 1.26 bits per heavy atom. The molecule has 0 unspecified atom stereocenters. The van der Waals surface area contributed by atoms with Gasteiger partial charge in [0.05, 0.1) is 0 Å². The molecule has 1 aromatic heterocycles. The van der Waals surface area contributed by atoms with Crippen molar-refractivity contribution in [2.75, 3.05) is 31.1 Å². The van der Waals surface area contributed by atoms with E-state index in [0.29, 0.717) is 11.8 Å². The fourth-order valence-electron chi connectivity index (χ4n) is 3.30. The molecule has 1 aliphatic carbocycles. The number of anilines is 1. The molecule has 0 N–H and O–H groups in total. The highest BCUT2D eigenvalue weighted by Crippen LogP contribution is 2.49. The van der Waals surface area contributed by atoms with Gasteiger partial charge in [-0.2, -0.15) is 0 Å². The third-order valence-electron chi connectivity index (χ3n) is 4.67. The molecule has 6 heteroatoms. The summed E-state index contributed by atoms with van der Waals surface area (Å²) in [5, 5.41) is 3.80. The summed E-state index contributed by atoms with van der Waals surface area (Å²) < 4.78 is 0. The molecule has 2 aliphatic rings. The second-order valence-electron chi connectivity index (χ2n) is 6.13. The van der Waals surface area contributed by atoms with Gasteiger partial charge in [0, 0.05) is 48.7 Å². The van der Waals surface area contributed by atoms with E-state index in [0.717, 1.165) is 42.8 Å². The van der Waals surface area contributed by atoms with Gasteiger partial charge >= 0.3 is 0 Å². The lowest BCUT2D eigenvalue weighted by Crippen LogP contribution is -2.49. The summed E-state index contributed by atoms with van der Waals surface area (Å²) in [6.45, 7) is 3.32. The van der Waals surface area contributed by atoms with Gasteiger partial charge in [0.1, 0.15) is 0 Å². The molecular formula is C17H18ClN3OS. The molecule has 2 fully saturated rings. The maximum absolute atomic E-state index is 12.7. The Hall–Kier alpha value is -1.59. The number of carbonyl (C=O) groups is 1. The lowest BCUT2D eigenvalue weighted by atomic mass is 10.1. The Morgan fingerprint density at radius 3 is 2.78 bits per heavy atom. The molecule has 120 valence electrons. The summed E-state index contributed by atoms with van der Waals surface area (Å²) >= 11 is 7.71. The third kappa shape index (κ3) is 3.08. The van der Waals surface area contributed by atoms with E-state index in [4.69, 9.17) is 11.6 Å². The predicted octanol–water partition coefficient (Wildman–Crippen LogP) is 3.25. The number of carbonyl (C=O) groups excluding carboxylic acids is 1. The van der Waals surface area contributed by atoms with E-state index in [2.05, 4.69) is 16.0 Å². The van der Waals surface area contributed by atoms with Crippen molar-refractivity contribution >= 4 is 34.0 Å². The number of rotatable bonds is 3. The first kappa shape index (κ1) is 15.0. The molecule has 1 aliphatic heterocycles. The van der Waals surface area contributed by atoms with Crippen LogP contribution in [0.4, 0.5) is 5.13 Å². The zero-order chi connectivity index (χ0) is 15.8. The van der Waals surface area contributed by atoms with Crippen LogP contribution in [0, 0.1) is 5.92 Å². The second-order valence-corrected chi connectivity index (χ2v) is 7.44. The number of aromatic nitrogens is 1. The highest BCUT2D eigenvalue weighted by atomic mass is 35.5. The average molecular weight is 348 g/mol. The van der Waals surface area contributed by atoms with Gasteiger partial charge in [-0.05, 0) is 30.0 Å². The Labute approximate surface area is 144 Å². The summed E-state index contributed by atoms with van der Waals surface area (Å²) in [5.74, 6) is 0.784. The molecular weight excluding hydrogens is 330 g/mol. The van der Waals surface area contributed by atoms with Crippen molar-refractivity contribution in [3.63, 3.8) is 0 Å². The second kappa shape index (κ2) is 6.13. The van der Waals surface area contributed by atoms with Crippen molar-refractivity contribution in [2.45, 2.75) is 12.3 Å². The zero-order valence-corrected chi connectivity index (χ0v) is 14.3.